The molecule has 1 fully saturated rings. The van der Waals surface area contributed by atoms with Gasteiger partial charge in [-0.2, -0.15) is 13.2 Å². The monoisotopic (exact) mass is 347 g/mol. The molecule has 2 aromatic rings. The van der Waals surface area contributed by atoms with Crippen LogP contribution < -0.4 is 5.32 Å². The van der Waals surface area contributed by atoms with Crippen LogP contribution in [0, 0.1) is 0 Å². The highest BCUT2D eigenvalue weighted by atomic mass is 32.2. The summed E-state index contributed by atoms with van der Waals surface area (Å²) in [5.74, 6) is 0. The van der Waals surface area contributed by atoms with E-state index in [1.54, 1.807) is 24.4 Å². The first kappa shape index (κ1) is 16.4. The second-order valence-electron chi connectivity index (χ2n) is 5.71. The summed E-state index contributed by atoms with van der Waals surface area (Å²) in [5.41, 5.74) is -3.07. The molecule has 0 amide bonds. The maximum atomic E-state index is 14.1. The van der Waals surface area contributed by atoms with Crippen LogP contribution in [-0.4, -0.2) is 47.2 Å². The lowest BCUT2D eigenvalue weighted by atomic mass is 10.0. The average Bonchev–Trinajstić information content (AvgIpc) is 2.84. The number of thioether (sulfide) groups is 1. The van der Waals surface area contributed by atoms with Crippen molar-refractivity contribution in [1.82, 2.24) is 9.30 Å². The van der Waals surface area contributed by atoms with Crippen LogP contribution in [-0.2, 0) is 0 Å². The largest absolute Gasteiger partial charge is 0.447 e. The summed E-state index contributed by atoms with van der Waals surface area (Å²) >= 11 is -0.153. The van der Waals surface area contributed by atoms with E-state index < -0.39 is 11.7 Å². The van der Waals surface area contributed by atoms with Gasteiger partial charge in [0.25, 0.3) is 0 Å². The number of hydrogen-bond acceptors (Lipinski definition) is 3. The normalized spacial score (nSPS) is 23.3. The Morgan fingerprint density at radius 3 is 2.74 bits per heavy atom. The molecule has 1 aliphatic rings. The maximum absolute atomic E-state index is 14.1. The molecule has 23 heavy (non-hydrogen) atoms. The van der Waals surface area contributed by atoms with Crippen molar-refractivity contribution < 1.29 is 17.6 Å². The van der Waals surface area contributed by atoms with Crippen molar-refractivity contribution in [3.63, 3.8) is 0 Å². The van der Waals surface area contributed by atoms with Gasteiger partial charge in [-0.25, -0.2) is 4.39 Å². The van der Waals surface area contributed by atoms with E-state index in [9.17, 15) is 17.6 Å². The fourth-order valence-corrected chi connectivity index (χ4v) is 3.49. The van der Waals surface area contributed by atoms with E-state index in [0.29, 0.717) is 24.2 Å². The zero-order valence-corrected chi connectivity index (χ0v) is 13.3. The highest BCUT2D eigenvalue weighted by Gasteiger charge is 2.31. The summed E-state index contributed by atoms with van der Waals surface area (Å²) in [6, 6.07) is 6.16. The molecule has 0 aliphatic carbocycles. The van der Waals surface area contributed by atoms with E-state index in [1.807, 2.05) is 11.9 Å². The summed E-state index contributed by atoms with van der Waals surface area (Å²) < 4.78 is 53.4. The Bertz CT molecular complexity index is 685. The molecule has 8 heteroatoms. The number of alkyl halides is 4. The summed E-state index contributed by atoms with van der Waals surface area (Å²) in [6.45, 7) is 1.15. The predicted octanol–water partition coefficient (Wildman–Crippen LogP) is 4.01. The van der Waals surface area contributed by atoms with Crippen LogP contribution in [0.15, 0.2) is 35.5 Å². The number of likely N-dealkylation sites (tertiary alicyclic amines) is 1. The van der Waals surface area contributed by atoms with Gasteiger partial charge in [-0.1, -0.05) is 0 Å². The van der Waals surface area contributed by atoms with Crippen molar-refractivity contribution in [1.29, 1.82) is 0 Å². The molecule has 1 saturated heterocycles. The van der Waals surface area contributed by atoms with Crippen molar-refractivity contribution in [3.8, 4) is 0 Å². The molecule has 0 spiro atoms. The first-order valence-electron chi connectivity index (χ1n) is 7.28. The van der Waals surface area contributed by atoms with E-state index in [-0.39, 0.29) is 22.8 Å². The van der Waals surface area contributed by atoms with E-state index in [0.717, 1.165) is 6.54 Å². The summed E-state index contributed by atoms with van der Waals surface area (Å²) in [4.78, 5) is 1.93. The third-order valence-electron chi connectivity index (χ3n) is 3.96. The highest BCUT2D eigenvalue weighted by molar-refractivity contribution is 8.00. The number of nitrogens with one attached hydrogen (secondary N) is 1. The molecule has 3 nitrogen and oxygen atoms in total. The van der Waals surface area contributed by atoms with E-state index >= 15 is 0 Å². The van der Waals surface area contributed by atoms with Gasteiger partial charge < -0.3 is 14.6 Å². The third kappa shape index (κ3) is 3.74. The van der Waals surface area contributed by atoms with E-state index in [2.05, 4.69) is 5.32 Å². The lowest BCUT2D eigenvalue weighted by Crippen LogP contribution is -2.46. The fraction of sp³-hybridized carbons (Fsp3) is 0.467. The molecule has 3 rings (SSSR count). The lowest BCUT2D eigenvalue weighted by Gasteiger charge is -2.33. The number of aromatic nitrogens is 1. The molecule has 3 heterocycles. The molecule has 0 radical (unpaired) electrons. The number of nitrogens with zero attached hydrogens (tertiary/aromatic N) is 2. The smallest absolute Gasteiger partial charge is 0.378 e. The predicted molar refractivity (Wildman–Crippen MR) is 83.7 cm³/mol. The molecule has 0 aromatic carbocycles. The third-order valence-corrected chi connectivity index (χ3v) is 4.73. The molecule has 126 valence electrons. The van der Waals surface area contributed by atoms with Gasteiger partial charge in [0.1, 0.15) is 6.17 Å². The van der Waals surface area contributed by atoms with Crippen LogP contribution >= 0.6 is 11.8 Å². The standard InChI is InChI=1S/C15H17F4N3S/c1-21-8-6-11(10(16)9-21)20-12-3-2-7-22-13(12)4-5-14(22)23-15(17,18)19/h2-5,7,10-11,20H,6,8-9H2,1H3/t10-,11+/m0/s1. The van der Waals surface area contributed by atoms with Crippen molar-refractivity contribution in [2.45, 2.75) is 29.2 Å². The second-order valence-corrected chi connectivity index (χ2v) is 6.80. The van der Waals surface area contributed by atoms with Gasteiger partial charge in [-0.3, -0.25) is 0 Å². The number of halogens is 4. The highest BCUT2D eigenvalue weighted by Crippen LogP contribution is 2.38. The van der Waals surface area contributed by atoms with Gasteiger partial charge >= 0.3 is 5.51 Å². The van der Waals surface area contributed by atoms with Crippen molar-refractivity contribution >= 4 is 23.0 Å². The summed E-state index contributed by atoms with van der Waals surface area (Å²) in [5, 5.41) is 3.25. The molecule has 0 unspecified atom stereocenters. The number of piperidine rings is 1. The minimum Gasteiger partial charge on any atom is -0.378 e. The Labute approximate surface area is 135 Å². The molecule has 2 atom stereocenters. The van der Waals surface area contributed by atoms with Gasteiger partial charge in [-0.15, -0.1) is 0 Å². The van der Waals surface area contributed by atoms with E-state index in [4.69, 9.17) is 0 Å². The molecular formula is C15H17F4N3S. The van der Waals surface area contributed by atoms with Crippen LogP contribution in [0.25, 0.3) is 5.52 Å². The molecular weight excluding hydrogens is 330 g/mol. The van der Waals surface area contributed by atoms with Gasteiger partial charge in [0.2, 0.25) is 0 Å². The number of rotatable bonds is 3. The van der Waals surface area contributed by atoms with Crippen molar-refractivity contribution in [3.05, 3.63) is 30.5 Å². The minimum atomic E-state index is -4.34. The fourth-order valence-electron chi connectivity index (χ4n) is 2.86. The zero-order chi connectivity index (χ0) is 16.6. The van der Waals surface area contributed by atoms with Crippen LogP contribution in [0.5, 0.6) is 0 Å². The molecule has 0 saturated carbocycles. The number of hydrogen-bond donors (Lipinski definition) is 1. The van der Waals surface area contributed by atoms with Gasteiger partial charge in [0.15, 0.2) is 0 Å². The van der Waals surface area contributed by atoms with Gasteiger partial charge in [-0.05, 0) is 37.7 Å². The first-order valence-corrected chi connectivity index (χ1v) is 8.10. The molecule has 1 N–H and O–H groups in total. The Hall–Kier alpha value is -1.41. The zero-order valence-electron chi connectivity index (χ0n) is 12.5. The minimum absolute atomic E-state index is 0.0938. The number of fused-ring (bicyclic) bond motifs is 1. The summed E-state index contributed by atoms with van der Waals surface area (Å²) in [7, 11) is 1.87. The average molecular weight is 347 g/mol. The van der Waals surface area contributed by atoms with Crippen LogP contribution in [0.4, 0.5) is 23.2 Å². The molecule has 1 aliphatic heterocycles. The van der Waals surface area contributed by atoms with Crippen LogP contribution in [0.1, 0.15) is 6.42 Å². The van der Waals surface area contributed by atoms with Crippen LogP contribution in [0.3, 0.4) is 0 Å². The Morgan fingerprint density at radius 2 is 2.04 bits per heavy atom. The lowest BCUT2D eigenvalue weighted by molar-refractivity contribution is -0.0329. The second kappa shape index (κ2) is 6.24. The Morgan fingerprint density at radius 1 is 1.26 bits per heavy atom. The SMILES string of the molecule is CN1CC[C@@H](Nc2cccn3c(SC(F)(F)F)ccc23)[C@@H](F)C1. The first-order chi connectivity index (χ1) is 10.8. The maximum Gasteiger partial charge on any atom is 0.447 e. The number of anilines is 1. The number of pyridine rings is 1. The Kier molecular flexibility index (Phi) is 4.46. The van der Waals surface area contributed by atoms with Crippen LogP contribution in [0.2, 0.25) is 0 Å². The quantitative estimate of drug-likeness (QED) is 0.669. The van der Waals surface area contributed by atoms with Gasteiger partial charge in [0, 0.05) is 31.0 Å². The van der Waals surface area contributed by atoms with Gasteiger partial charge in [0.05, 0.1) is 22.3 Å². The van der Waals surface area contributed by atoms with E-state index in [1.165, 1.54) is 10.5 Å². The molecule has 0 bridgehead atoms. The van der Waals surface area contributed by atoms with Crippen molar-refractivity contribution in [2.75, 3.05) is 25.5 Å². The molecule has 2 aromatic heterocycles. The topological polar surface area (TPSA) is 19.7 Å². The van der Waals surface area contributed by atoms with Crippen molar-refractivity contribution in [2.24, 2.45) is 0 Å². The Balaban J connectivity index is 1.84. The summed E-state index contributed by atoms with van der Waals surface area (Å²) in [6.07, 6.45) is 1.23.